The van der Waals surface area contributed by atoms with Gasteiger partial charge in [-0.3, -0.25) is 0 Å². The third-order valence-corrected chi connectivity index (χ3v) is 2.79. The molecule has 0 heterocycles. The zero-order chi connectivity index (χ0) is 7.90. The van der Waals surface area contributed by atoms with Crippen LogP contribution >= 0.6 is 0 Å². The second kappa shape index (κ2) is 2.11. The summed E-state index contributed by atoms with van der Waals surface area (Å²) in [5.41, 5.74) is 1.30. The van der Waals surface area contributed by atoms with E-state index in [1.54, 1.807) is 0 Å². The summed E-state index contributed by atoms with van der Waals surface area (Å²) < 4.78 is 0. The van der Waals surface area contributed by atoms with E-state index in [0.717, 1.165) is 25.2 Å². The molecule has 2 fully saturated rings. The van der Waals surface area contributed by atoms with Crippen LogP contribution in [0.25, 0.3) is 0 Å². The minimum Gasteiger partial charge on any atom is -0.198 e. The van der Waals surface area contributed by atoms with Crippen molar-refractivity contribution in [2.24, 2.45) is 11.3 Å². The van der Waals surface area contributed by atoms with Crippen molar-refractivity contribution in [2.45, 2.75) is 32.1 Å². The quantitative estimate of drug-likeness (QED) is 0.551. The molecular weight excluding hydrogens is 134 g/mol. The van der Waals surface area contributed by atoms with Crippen molar-refractivity contribution in [1.82, 2.24) is 0 Å². The Bertz CT molecular complexity index is 222. The number of allylic oxidation sites excluding steroid dienone is 1. The highest BCUT2D eigenvalue weighted by molar-refractivity contribution is 5.23. The predicted molar refractivity (Wildman–Crippen MR) is 43.8 cm³/mol. The highest BCUT2D eigenvalue weighted by atomic mass is 14.5. The molecule has 1 heteroatoms. The summed E-state index contributed by atoms with van der Waals surface area (Å²) in [6.45, 7) is 3.88. The third-order valence-electron chi connectivity index (χ3n) is 2.79. The summed E-state index contributed by atoms with van der Waals surface area (Å²) in [6.07, 6.45) is 5.80. The van der Waals surface area contributed by atoms with E-state index in [0.29, 0.717) is 0 Å². The van der Waals surface area contributed by atoms with Crippen LogP contribution in [0.3, 0.4) is 0 Å². The Kier molecular flexibility index (Phi) is 1.32. The van der Waals surface area contributed by atoms with Crippen molar-refractivity contribution >= 4 is 0 Å². The minimum atomic E-state index is 0.0260. The summed E-state index contributed by atoms with van der Waals surface area (Å²) in [6, 6.07) is 2.46. The molecule has 0 unspecified atom stereocenters. The molecule has 0 radical (unpaired) electrons. The topological polar surface area (TPSA) is 23.8 Å². The van der Waals surface area contributed by atoms with Gasteiger partial charge in [0.2, 0.25) is 0 Å². The van der Waals surface area contributed by atoms with Crippen LogP contribution in [0.15, 0.2) is 12.2 Å². The fourth-order valence-electron chi connectivity index (χ4n) is 2.05. The van der Waals surface area contributed by atoms with Crippen LogP contribution < -0.4 is 0 Å². The van der Waals surface area contributed by atoms with Gasteiger partial charge in [0.25, 0.3) is 0 Å². The van der Waals surface area contributed by atoms with E-state index in [1.165, 1.54) is 18.4 Å². The summed E-state index contributed by atoms with van der Waals surface area (Å²) in [7, 11) is 0. The maximum absolute atomic E-state index is 8.94. The molecule has 0 aromatic carbocycles. The zero-order valence-corrected chi connectivity index (χ0v) is 6.77. The first-order valence-corrected chi connectivity index (χ1v) is 4.32. The molecule has 2 aliphatic carbocycles. The summed E-state index contributed by atoms with van der Waals surface area (Å²) in [5.74, 6) is 0.878. The molecule has 2 rings (SSSR count). The molecule has 0 N–H and O–H groups in total. The Balaban J connectivity index is 1.96. The van der Waals surface area contributed by atoms with Crippen LogP contribution in [0.5, 0.6) is 0 Å². The molecule has 11 heavy (non-hydrogen) atoms. The van der Waals surface area contributed by atoms with Crippen LogP contribution in [0, 0.1) is 22.7 Å². The molecule has 0 atom stereocenters. The van der Waals surface area contributed by atoms with E-state index in [4.69, 9.17) is 5.26 Å². The molecule has 0 aromatic rings. The van der Waals surface area contributed by atoms with E-state index < -0.39 is 0 Å². The molecule has 0 aliphatic heterocycles. The van der Waals surface area contributed by atoms with E-state index >= 15 is 0 Å². The minimum absolute atomic E-state index is 0.0260. The summed E-state index contributed by atoms with van der Waals surface area (Å²) in [4.78, 5) is 0. The molecule has 0 bridgehead atoms. The third kappa shape index (κ3) is 1.18. The average Bonchev–Trinajstić information content (AvgIpc) is 2.67. The largest absolute Gasteiger partial charge is 0.198 e. The number of hydrogen-bond acceptors (Lipinski definition) is 1. The van der Waals surface area contributed by atoms with Gasteiger partial charge in [-0.1, -0.05) is 25.0 Å². The average molecular weight is 147 g/mol. The van der Waals surface area contributed by atoms with Gasteiger partial charge in [-0.25, -0.2) is 0 Å². The van der Waals surface area contributed by atoms with Crippen LogP contribution in [0.4, 0.5) is 0 Å². The molecule has 58 valence electrons. The first kappa shape index (κ1) is 6.91. The smallest absolute Gasteiger partial charge is 0.0696 e. The number of nitriles is 1. The Morgan fingerprint density at radius 3 is 2.55 bits per heavy atom. The van der Waals surface area contributed by atoms with E-state index in [-0.39, 0.29) is 5.41 Å². The highest BCUT2D eigenvalue weighted by Crippen LogP contribution is 2.52. The van der Waals surface area contributed by atoms with Gasteiger partial charge < -0.3 is 0 Å². The van der Waals surface area contributed by atoms with Crippen LogP contribution in [0.1, 0.15) is 32.1 Å². The van der Waals surface area contributed by atoms with Crippen molar-refractivity contribution < 1.29 is 0 Å². The van der Waals surface area contributed by atoms with Gasteiger partial charge in [0.15, 0.2) is 0 Å². The first-order chi connectivity index (χ1) is 5.24. The normalized spacial score (nSPS) is 27.4. The van der Waals surface area contributed by atoms with Crippen molar-refractivity contribution in [3.05, 3.63) is 12.2 Å². The van der Waals surface area contributed by atoms with E-state index in [2.05, 4.69) is 12.6 Å². The highest BCUT2D eigenvalue weighted by Gasteiger charge is 2.43. The maximum Gasteiger partial charge on any atom is 0.0696 e. The van der Waals surface area contributed by atoms with E-state index in [9.17, 15) is 0 Å². The zero-order valence-electron chi connectivity index (χ0n) is 6.77. The standard InChI is InChI=1S/C10H13N/c1-8-4-10(5-8,7-11)6-9-2-3-9/h9H,1-6H2. The molecule has 2 aliphatic rings. The lowest BCUT2D eigenvalue weighted by Gasteiger charge is -2.37. The predicted octanol–water partition coefficient (Wildman–Crippen LogP) is 2.65. The SMILES string of the molecule is C=C1CC(C#N)(CC2CC2)C1. The molecule has 0 amide bonds. The monoisotopic (exact) mass is 147 g/mol. The van der Waals surface area contributed by atoms with Gasteiger partial charge in [0.1, 0.15) is 0 Å². The molecule has 2 saturated carbocycles. The molecule has 0 aromatic heterocycles. The fraction of sp³-hybridized carbons (Fsp3) is 0.700. The molecule has 0 spiro atoms. The molecule has 0 saturated heterocycles. The molecule has 1 nitrogen and oxygen atoms in total. The van der Waals surface area contributed by atoms with Gasteiger partial charge in [-0.05, 0) is 25.2 Å². The van der Waals surface area contributed by atoms with E-state index in [1.807, 2.05) is 0 Å². The van der Waals surface area contributed by atoms with Gasteiger partial charge in [-0.2, -0.15) is 5.26 Å². The van der Waals surface area contributed by atoms with Gasteiger partial charge in [0, 0.05) is 0 Å². The van der Waals surface area contributed by atoms with Gasteiger partial charge >= 0.3 is 0 Å². The number of hydrogen-bond donors (Lipinski definition) is 0. The lowest BCUT2D eigenvalue weighted by molar-refractivity contribution is 0.262. The number of nitrogens with zero attached hydrogens (tertiary/aromatic N) is 1. The first-order valence-electron chi connectivity index (χ1n) is 4.32. The van der Waals surface area contributed by atoms with Crippen molar-refractivity contribution in [3.63, 3.8) is 0 Å². The lowest BCUT2D eigenvalue weighted by Crippen LogP contribution is -2.29. The summed E-state index contributed by atoms with van der Waals surface area (Å²) in [5, 5.41) is 8.94. The Labute approximate surface area is 67.7 Å². The number of rotatable bonds is 2. The van der Waals surface area contributed by atoms with Crippen LogP contribution in [-0.4, -0.2) is 0 Å². The van der Waals surface area contributed by atoms with Gasteiger partial charge in [0.05, 0.1) is 11.5 Å². The van der Waals surface area contributed by atoms with Crippen molar-refractivity contribution in [3.8, 4) is 6.07 Å². The Hall–Kier alpha value is -0.770. The molecular formula is C10H13N. The Morgan fingerprint density at radius 1 is 1.55 bits per heavy atom. The fourth-order valence-corrected chi connectivity index (χ4v) is 2.05. The second-order valence-electron chi connectivity index (χ2n) is 4.14. The second-order valence-corrected chi connectivity index (χ2v) is 4.14. The van der Waals surface area contributed by atoms with Crippen molar-refractivity contribution in [1.29, 1.82) is 5.26 Å². The lowest BCUT2D eigenvalue weighted by atomic mass is 9.64. The van der Waals surface area contributed by atoms with Crippen molar-refractivity contribution in [2.75, 3.05) is 0 Å². The van der Waals surface area contributed by atoms with Gasteiger partial charge in [-0.15, -0.1) is 0 Å². The Morgan fingerprint density at radius 2 is 2.18 bits per heavy atom. The summed E-state index contributed by atoms with van der Waals surface area (Å²) >= 11 is 0. The van der Waals surface area contributed by atoms with Crippen LogP contribution in [0.2, 0.25) is 0 Å². The van der Waals surface area contributed by atoms with Crippen LogP contribution in [-0.2, 0) is 0 Å². The maximum atomic E-state index is 8.94.